The van der Waals surface area contributed by atoms with Crippen LogP contribution in [0.3, 0.4) is 0 Å². The number of halogens is 1. The highest BCUT2D eigenvalue weighted by Gasteiger charge is 2.35. The van der Waals surface area contributed by atoms with Crippen molar-refractivity contribution in [2.75, 3.05) is 50.8 Å². The first-order valence-corrected chi connectivity index (χ1v) is 14.3. The van der Waals surface area contributed by atoms with Crippen LogP contribution in [0.15, 0.2) is 23.1 Å². The Hall–Kier alpha value is -1.20. The minimum absolute atomic E-state index is 0.0169. The first-order valence-electron chi connectivity index (χ1n) is 10.7. The second kappa shape index (κ2) is 8.97. The predicted octanol–water partition coefficient (Wildman–Crippen LogP) is 1.46. The number of amides is 1. The van der Waals surface area contributed by atoms with Crippen molar-refractivity contribution in [1.82, 2.24) is 14.1 Å². The monoisotopic (exact) mass is 489 g/mol. The Kier molecular flexibility index (Phi) is 6.65. The van der Waals surface area contributed by atoms with Crippen LogP contribution in [0.5, 0.6) is 0 Å². The Morgan fingerprint density at radius 1 is 1.00 bits per heavy atom. The molecule has 1 aromatic carbocycles. The standard InChI is InChI=1S/C20H28ClN3O5S2/c21-18-5-4-16(14-19(18)31(28,29)24-7-2-1-3-8-24)20(25)23-11-9-22(10-12-23)17-6-13-30(26,27)15-17/h4-5,14,17H,1-3,6-13,15H2. The molecule has 3 aliphatic heterocycles. The summed E-state index contributed by atoms with van der Waals surface area (Å²) in [6, 6.07) is 4.46. The Morgan fingerprint density at radius 3 is 2.29 bits per heavy atom. The molecule has 3 fully saturated rings. The number of sulfonamides is 1. The molecule has 0 saturated carbocycles. The van der Waals surface area contributed by atoms with Gasteiger partial charge in [-0.1, -0.05) is 18.0 Å². The Bertz CT molecular complexity index is 1050. The van der Waals surface area contributed by atoms with E-state index < -0.39 is 19.9 Å². The van der Waals surface area contributed by atoms with Gasteiger partial charge in [-0.15, -0.1) is 0 Å². The fourth-order valence-electron chi connectivity index (χ4n) is 4.61. The summed E-state index contributed by atoms with van der Waals surface area (Å²) in [6.45, 7) is 3.11. The number of hydrogen-bond acceptors (Lipinski definition) is 6. The molecule has 31 heavy (non-hydrogen) atoms. The van der Waals surface area contributed by atoms with Gasteiger partial charge >= 0.3 is 0 Å². The van der Waals surface area contributed by atoms with Gasteiger partial charge < -0.3 is 4.90 Å². The number of nitrogens with zero attached hydrogens (tertiary/aromatic N) is 3. The molecular weight excluding hydrogens is 462 g/mol. The van der Waals surface area contributed by atoms with Gasteiger partial charge in [0.2, 0.25) is 10.0 Å². The fraction of sp³-hybridized carbons (Fsp3) is 0.650. The lowest BCUT2D eigenvalue weighted by atomic mass is 10.1. The summed E-state index contributed by atoms with van der Waals surface area (Å²) in [6.07, 6.45) is 3.30. The molecule has 0 spiro atoms. The van der Waals surface area contributed by atoms with E-state index in [1.165, 1.54) is 16.4 Å². The van der Waals surface area contributed by atoms with E-state index in [1.54, 1.807) is 11.0 Å². The van der Waals surface area contributed by atoms with Crippen LogP contribution >= 0.6 is 11.6 Å². The van der Waals surface area contributed by atoms with Gasteiger partial charge in [-0.05, 0) is 37.5 Å². The molecule has 3 aliphatic rings. The highest BCUT2D eigenvalue weighted by Crippen LogP contribution is 2.28. The number of carbonyl (C=O) groups is 1. The zero-order valence-corrected chi connectivity index (χ0v) is 19.8. The van der Waals surface area contributed by atoms with Crippen LogP contribution in [0, 0.1) is 0 Å². The number of rotatable bonds is 4. The van der Waals surface area contributed by atoms with E-state index in [0.717, 1.165) is 19.3 Å². The quantitative estimate of drug-likeness (QED) is 0.635. The minimum Gasteiger partial charge on any atom is -0.336 e. The van der Waals surface area contributed by atoms with Crippen molar-refractivity contribution in [3.8, 4) is 0 Å². The van der Waals surface area contributed by atoms with Crippen LogP contribution in [0.25, 0.3) is 0 Å². The Labute approximate surface area is 189 Å². The van der Waals surface area contributed by atoms with E-state index in [4.69, 9.17) is 11.6 Å². The van der Waals surface area contributed by atoms with Crippen molar-refractivity contribution in [2.24, 2.45) is 0 Å². The lowest BCUT2D eigenvalue weighted by molar-refractivity contribution is 0.0587. The minimum atomic E-state index is -3.74. The van der Waals surface area contributed by atoms with E-state index in [0.29, 0.717) is 51.3 Å². The molecule has 4 rings (SSSR count). The summed E-state index contributed by atoms with van der Waals surface area (Å²) in [7, 11) is -6.69. The molecule has 1 aromatic rings. The van der Waals surface area contributed by atoms with Crippen LogP contribution in [-0.2, 0) is 19.9 Å². The highest BCUT2D eigenvalue weighted by atomic mass is 35.5. The third-order valence-electron chi connectivity index (χ3n) is 6.44. The molecule has 0 aliphatic carbocycles. The molecule has 0 N–H and O–H groups in total. The van der Waals surface area contributed by atoms with Crippen LogP contribution in [0.1, 0.15) is 36.0 Å². The van der Waals surface area contributed by atoms with Gasteiger partial charge in [-0.25, -0.2) is 16.8 Å². The zero-order valence-electron chi connectivity index (χ0n) is 17.4. The Morgan fingerprint density at radius 2 is 1.68 bits per heavy atom. The van der Waals surface area contributed by atoms with Crippen molar-refractivity contribution >= 4 is 37.4 Å². The molecule has 0 aromatic heterocycles. The second-order valence-electron chi connectivity index (χ2n) is 8.49. The number of benzene rings is 1. The van der Waals surface area contributed by atoms with Crippen molar-refractivity contribution < 1.29 is 21.6 Å². The third-order valence-corrected chi connectivity index (χ3v) is 10.6. The van der Waals surface area contributed by atoms with E-state index in [1.807, 2.05) is 0 Å². The van der Waals surface area contributed by atoms with Crippen molar-refractivity contribution in [1.29, 1.82) is 0 Å². The second-order valence-corrected chi connectivity index (χ2v) is 13.0. The first kappa shape index (κ1) is 23.0. The van der Waals surface area contributed by atoms with Crippen molar-refractivity contribution in [3.63, 3.8) is 0 Å². The SMILES string of the molecule is O=C(c1ccc(Cl)c(S(=O)(=O)N2CCCCC2)c1)N1CCN(C2CCS(=O)(=O)C2)CC1. The third kappa shape index (κ3) is 4.93. The van der Waals surface area contributed by atoms with Gasteiger partial charge in [0.05, 0.1) is 16.5 Å². The summed E-state index contributed by atoms with van der Waals surface area (Å²) in [5.74, 6) is 0.191. The van der Waals surface area contributed by atoms with Crippen molar-refractivity contribution in [2.45, 2.75) is 36.6 Å². The van der Waals surface area contributed by atoms with Gasteiger partial charge in [0.25, 0.3) is 5.91 Å². The Balaban J connectivity index is 1.45. The topological polar surface area (TPSA) is 95.1 Å². The molecule has 3 heterocycles. The van der Waals surface area contributed by atoms with Gasteiger partial charge in [0.1, 0.15) is 4.90 Å². The molecule has 8 nitrogen and oxygen atoms in total. The molecule has 0 radical (unpaired) electrons. The molecule has 172 valence electrons. The molecule has 1 unspecified atom stereocenters. The molecule has 1 amide bonds. The first-order chi connectivity index (χ1) is 14.7. The van der Waals surface area contributed by atoms with E-state index in [9.17, 15) is 21.6 Å². The summed E-state index contributed by atoms with van der Waals surface area (Å²) in [5, 5.41) is 0.120. The molecule has 3 saturated heterocycles. The molecule has 1 atom stereocenters. The van der Waals surface area contributed by atoms with Gasteiger partial charge in [-0.2, -0.15) is 4.31 Å². The lowest BCUT2D eigenvalue weighted by Gasteiger charge is -2.37. The smallest absolute Gasteiger partial charge is 0.253 e. The van der Waals surface area contributed by atoms with Gasteiger partial charge in [-0.3, -0.25) is 9.69 Å². The maximum atomic E-state index is 13.1. The van der Waals surface area contributed by atoms with Crippen LogP contribution in [0.4, 0.5) is 0 Å². The van der Waals surface area contributed by atoms with Crippen LogP contribution in [0.2, 0.25) is 5.02 Å². The summed E-state index contributed by atoms with van der Waals surface area (Å²) in [4.78, 5) is 16.9. The van der Waals surface area contributed by atoms with E-state index >= 15 is 0 Å². The van der Waals surface area contributed by atoms with Crippen LogP contribution < -0.4 is 0 Å². The predicted molar refractivity (Wildman–Crippen MR) is 119 cm³/mol. The normalized spacial score (nSPS) is 25.6. The van der Waals surface area contributed by atoms with Gasteiger partial charge in [0, 0.05) is 50.9 Å². The van der Waals surface area contributed by atoms with E-state index in [-0.39, 0.29) is 33.4 Å². The number of piperazine rings is 1. The molecule has 0 bridgehead atoms. The number of carbonyl (C=O) groups excluding carboxylic acids is 1. The van der Waals surface area contributed by atoms with Crippen molar-refractivity contribution in [3.05, 3.63) is 28.8 Å². The van der Waals surface area contributed by atoms with E-state index in [2.05, 4.69) is 4.90 Å². The number of hydrogen-bond donors (Lipinski definition) is 0. The summed E-state index contributed by atoms with van der Waals surface area (Å²) < 4.78 is 51.1. The summed E-state index contributed by atoms with van der Waals surface area (Å²) in [5.41, 5.74) is 0.303. The lowest BCUT2D eigenvalue weighted by Crippen LogP contribution is -2.52. The number of piperidine rings is 1. The summed E-state index contributed by atoms with van der Waals surface area (Å²) >= 11 is 6.22. The zero-order chi connectivity index (χ0) is 22.2. The maximum absolute atomic E-state index is 13.1. The van der Waals surface area contributed by atoms with Gasteiger partial charge in [0.15, 0.2) is 9.84 Å². The number of sulfone groups is 1. The fourth-order valence-corrected chi connectivity index (χ4v) is 8.39. The largest absolute Gasteiger partial charge is 0.336 e. The molecular formula is C20H28ClN3O5S2. The average molecular weight is 490 g/mol. The maximum Gasteiger partial charge on any atom is 0.253 e. The molecule has 11 heteroatoms. The van der Waals surface area contributed by atoms with Crippen LogP contribution in [-0.4, -0.2) is 93.7 Å². The average Bonchev–Trinajstić information content (AvgIpc) is 3.14. The highest BCUT2D eigenvalue weighted by molar-refractivity contribution is 7.91.